The van der Waals surface area contributed by atoms with Crippen molar-refractivity contribution in [3.05, 3.63) is 53.2 Å². The lowest BCUT2D eigenvalue weighted by Gasteiger charge is -2.09. The van der Waals surface area contributed by atoms with Gasteiger partial charge in [-0.05, 0) is 31.2 Å². The zero-order valence-electron chi connectivity index (χ0n) is 10.4. The summed E-state index contributed by atoms with van der Waals surface area (Å²) in [5.74, 6) is 5.59. The van der Waals surface area contributed by atoms with Crippen LogP contribution in [0.3, 0.4) is 0 Å². The van der Waals surface area contributed by atoms with Crippen LogP contribution in [0.15, 0.2) is 34.7 Å². The number of rotatable bonds is 4. The van der Waals surface area contributed by atoms with E-state index < -0.39 is 11.7 Å². The number of benzene rings is 1. The largest absolute Gasteiger partial charge is 0.465 e. The molecule has 1 aromatic carbocycles. The van der Waals surface area contributed by atoms with Crippen LogP contribution in [0.25, 0.3) is 0 Å². The molecule has 0 atom stereocenters. The topological polar surface area (TPSA) is 80.3 Å². The van der Waals surface area contributed by atoms with Crippen molar-refractivity contribution in [2.75, 3.05) is 5.43 Å². The maximum atomic E-state index is 13.4. The zero-order valence-corrected chi connectivity index (χ0v) is 10.4. The van der Waals surface area contributed by atoms with Gasteiger partial charge < -0.3 is 15.2 Å². The first-order chi connectivity index (χ1) is 9.11. The van der Waals surface area contributed by atoms with E-state index in [0.717, 1.165) is 5.76 Å². The van der Waals surface area contributed by atoms with Crippen LogP contribution in [0, 0.1) is 12.7 Å². The number of anilines is 1. The molecule has 19 heavy (non-hydrogen) atoms. The van der Waals surface area contributed by atoms with Crippen LogP contribution in [0.1, 0.15) is 21.9 Å². The fraction of sp³-hybridized carbons (Fsp3) is 0.154. The Kier molecular flexibility index (Phi) is 3.82. The van der Waals surface area contributed by atoms with Crippen LogP contribution in [0.2, 0.25) is 0 Å². The Labute approximate surface area is 109 Å². The summed E-state index contributed by atoms with van der Waals surface area (Å²) in [7, 11) is 0. The molecule has 0 fully saturated rings. The van der Waals surface area contributed by atoms with Gasteiger partial charge >= 0.3 is 0 Å². The summed E-state index contributed by atoms with van der Waals surface area (Å²) < 4.78 is 18.8. The van der Waals surface area contributed by atoms with Gasteiger partial charge in [-0.25, -0.2) is 4.39 Å². The number of nitrogens with two attached hydrogens (primary N) is 1. The lowest BCUT2D eigenvalue weighted by atomic mass is 10.1. The van der Waals surface area contributed by atoms with Gasteiger partial charge in [0.1, 0.15) is 17.3 Å². The number of hydrogen-bond acceptors (Lipinski definition) is 4. The summed E-state index contributed by atoms with van der Waals surface area (Å²) in [6.07, 6.45) is 0. The summed E-state index contributed by atoms with van der Waals surface area (Å²) in [5, 5.41) is 2.64. The molecule has 0 radical (unpaired) electrons. The van der Waals surface area contributed by atoms with Crippen molar-refractivity contribution in [2.24, 2.45) is 5.84 Å². The average Bonchev–Trinajstić information content (AvgIpc) is 2.81. The molecule has 5 nitrogen and oxygen atoms in total. The summed E-state index contributed by atoms with van der Waals surface area (Å²) in [5.41, 5.74) is 2.30. The van der Waals surface area contributed by atoms with E-state index in [1.54, 1.807) is 12.1 Å². The van der Waals surface area contributed by atoms with Gasteiger partial charge in [-0.15, -0.1) is 0 Å². The molecule has 2 rings (SSSR count). The van der Waals surface area contributed by atoms with Crippen LogP contribution in [0.5, 0.6) is 0 Å². The number of nitrogen functional groups attached to an aromatic ring is 1. The molecule has 100 valence electrons. The van der Waals surface area contributed by atoms with Crippen molar-refractivity contribution >= 4 is 11.6 Å². The summed E-state index contributed by atoms with van der Waals surface area (Å²) in [6.45, 7) is 2.04. The minimum absolute atomic E-state index is 0.0318. The van der Waals surface area contributed by atoms with Gasteiger partial charge in [0.2, 0.25) is 0 Å². The Morgan fingerprint density at radius 3 is 2.79 bits per heavy atom. The molecule has 4 N–H and O–H groups in total. The molecular weight excluding hydrogens is 249 g/mol. The Hall–Kier alpha value is -2.34. The van der Waals surface area contributed by atoms with E-state index in [2.05, 4.69) is 10.7 Å². The van der Waals surface area contributed by atoms with E-state index in [1.807, 2.05) is 6.92 Å². The van der Waals surface area contributed by atoms with Gasteiger partial charge in [-0.1, -0.05) is 6.07 Å². The summed E-state index contributed by atoms with van der Waals surface area (Å²) in [4.78, 5) is 11.9. The molecule has 0 bridgehead atoms. The predicted octanol–water partition coefficient (Wildman–Crippen LogP) is 1.94. The standard InChI is InChI=1S/C13H14FN3O2/c1-8-5-6-9(19-8)7-16-13(18)10-3-2-4-11(14)12(10)17-15/h2-6,17H,7,15H2,1H3,(H,16,18). The monoisotopic (exact) mass is 263 g/mol. The van der Waals surface area contributed by atoms with E-state index in [1.165, 1.54) is 18.2 Å². The highest BCUT2D eigenvalue weighted by Crippen LogP contribution is 2.18. The zero-order chi connectivity index (χ0) is 13.8. The number of hydrogen-bond donors (Lipinski definition) is 3. The van der Waals surface area contributed by atoms with Crippen LogP contribution in [-0.4, -0.2) is 5.91 Å². The molecule has 0 saturated carbocycles. The smallest absolute Gasteiger partial charge is 0.253 e. The minimum Gasteiger partial charge on any atom is -0.465 e. The molecular formula is C13H14FN3O2. The fourth-order valence-electron chi connectivity index (χ4n) is 1.70. The number of carbonyl (C=O) groups is 1. The normalized spacial score (nSPS) is 10.3. The number of para-hydroxylation sites is 1. The van der Waals surface area contributed by atoms with Crippen molar-refractivity contribution in [3.8, 4) is 0 Å². The summed E-state index contributed by atoms with van der Waals surface area (Å²) >= 11 is 0. The second kappa shape index (κ2) is 5.53. The SMILES string of the molecule is Cc1ccc(CNC(=O)c2cccc(F)c2NN)o1. The van der Waals surface area contributed by atoms with Crippen LogP contribution in [-0.2, 0) is 6.54 Å². The number of aryl methyl sites for hydroxylation is 1. The van der Waals surface area contributed by atoms with E-state index in [-0.39, 0.29) is 17.8 Å². The maximum Gasteiger partial charge on any atom is 0.253 e. The van der Waals surface area contributed by atoms with Gasteiger partial charge in [-0.3, -0.25) is 10.6 Å². The lowest BCUT2D eigenvalue weighted by Crippen LogP contribution is -2.25. The third kappa shape index (κ3) is 2.92. The Balaban J connectivity index is 2.10. The second-order valence-electron chi connectivity index (χ2n) is 4.00. The molecule has 6 heteroatoms. The molecule has 2 aromatic rings. The van der Waals surface area contributed by atoms with Gasteiger partial charge in [0.25, 0.3) is 5.91 Å². The number of halogens is 1. The highest BCUT2D eigenvalue weighted by atomic mass is 19.1. The van der Waals surface area contributed by atoms with Crippen LogP contribution in [0.4, 0.5) is 10.1 Å². The third-order valence-corrected chi connectivity index (χ3v) is 2.62. The first-order valence-corrected chi connectivity index (χ1v) is 5.70. The predicted molar refractivity (Wildman–Crippen MR) is 68.8 cm³/mol. The third-order valence-electron chi connectivity index (χ3n) is 2.62. The first kappa shape index (κ1) is 13.1. The number of amides is 1. The first-order valence-electron chi connectivity index (χ1n) is 5.70. The van der Waals surface area contributed by atoms with Gasteiger partial charge in [-0.2, -0.15) is 0 Å². The number of nitrogens with one attached hydrogen (secondary N) is 2. The fourth-order valence-corrected chi connectivity index (χ4v) is 1.70. The van der Waals surface area contributed by atoms with E-state index in [0.29, 0.717) is 5.76 Å². The van der Waals surface area contributed by atoms with Crippen LogP contribution < -0.4 is 16.6 Å². The van der Waals surface area contributed by atoms with Crippen LogP contribution >= 0.6 is 0 Å². The number of carbonyl (C=O) groups excluding carboxylic acids is 1. The van der Waals surface area contributed by atoms with E-state index in [9.17, 15) is 9.18 Å². The molecule has 1 amide bonds. The van der Waals surface area contributed by atoms with Crippen molar-refractivity contribution in [3.63, 3.8) is 0 Å². The quantitative estimate of drug-likeness (QED) is 0.581. The molecule has 0 aliphatic carbocycles. The van der Waals surface area contributed by atoms with Crippen molar-refractivity contribution in [1.29, 1.82) is 0 Å². The average molecular weight is 263 g/mol. The molecule has 0 unspecified atom stereocenters. The molecule has 0 aliphatic heterocycles. The van der Waals surface area contributed by atoms with Gasteiger partial charge in [0.15, 0.2) is 0 Å². The number of hydrazine groups is 1. The lowest BCUT2D eigenvalue weighted by molar-refractivity contribution is 0.0948. The highest BCUT2D eigenvalue weighted by molar-refractivity contribution is 5.99. The van der Waals surface area contributed by atoms with Gasteiger partial charge in [0, 0.05) is 0 Å². The Morgan fingerprint density at radius 2 is 2.16 bits per heavy atom. The maximum absolute atomic E-state index is 13.4. The van der Waals surface area contributed by atoms with E-state index in [4.69, 9.17) is 10.3 Å². The van der Waals surface area contributed by atoms with Crippen molar-refractivity contribution in [1.82, 2.24) is 5.32 Å². The van der Waals surface area contributed by atoms with E-state index >= 15 is 0 Å². The minimum atomic E-state index is -0.580. The highest BCUT2D eigenvalue weighted by Gasteiger charge is 2.14. The molecule has 0 spiro atoms. The van der Waals surface area contributed by atoms with Crippen molar-refractivity contribution < 1.29 is 13.6 Å². The van der Waals surface area contributed by atoms with Crippen molar-refractivity contribution in [2.45, 2.75) is 13.5 Å². The molecule has 1 aromatic heterocycles. The molecule has 1 heterocycles. The Bertz CT molecular complexity index is 595. The van der Waals surface area contributed by atoms with Gasteiger partial charge in [0.05, 0.1) is 17.8 Å². The summed E-state index contributed by atoms with van der Waals surface area (Å²) in [6, 6.07) is 7.73. The number of furan rings is 1. The molecule has 0 aliphatic rings. The second-order valence-corrected chi connectivity index (χ2v) is 4.00. The Morgan fingerprint density at radius 1 is 1.37 bits per heavy atom. The molecule has 0 saturated heterocycles.